The summed E-state index contributed by atoms with van der Waals surface area (Å²) in [6.07, 6.45) is 1.19. The van der Waals surface area contributed by atoms with Crippen LogP contribution >= 0.6 is 11.3 Å². The van der Waals surface area contributed by atoms with Gasteiger partial charge in [-0.05, 0) is 97.2 Å². The highest BCUT2D eigenvalue weighted by molar-refractivity contribution is 7.22. The molecule has 0 radical (unpaired) electrons. The lowest BCUT2D eigenvalue weighted by Crippen LogP contribution is -2.25. The number of nitro groups is 2. The third-order valence-electron chi connectivity index (χ3n) is 8.14. The van der Waals surface area contributed by atoms with Gasteiger partial charge in [0.15, 0.2) is 5.78 Å². The molecule has 1 N–H and O–H groups in total. The Labute approximate surface area is 278 Å². The number of aromatic hydroxyl groups is 1. The Bertz CT molecular complexity index is 2040. The van der Waals surface area contributed by atoms with E-state index in [9.17, 15) is 34.9 Å². The van der Waals surface area contributed by atoms with Gasteiger partial charge in [0.25, 0.3) is 11.4 Å². The number of nitrogens with zero attached hydrogens (tertiary/aromatic N) is 3. The first kappa shape index (κ1) is 32.3. The van der Waals surface area contributed by atoms with Gasteiger partial charge in [-0.1, -0.05) is 6.92 Å². The smallest absolute Gasteiger partial charge is 0.350 e. The van der Waals surface area contributed by atoms with Gasteiger partial charge in [-0.25, -0.2) is 4.79 Å². The first-order valence-electron chi connectivity index (χ1n) is 15.1. The maximum atomic E-state index is 14.0. The minimum atomic E-state index is -1.07. The molecule has 1 aliphatic rings. The number of likely N-dealkylation sites (tertiary alicyclic amines) is 1. The minimum Gasteiger partial charge on any atom is -0.508 e. The molecule has 1 fully saturated rings. The van der Waals surface area contributed by atoms with Gasteiger partial charge in [0.2, 0.25) is 0 Å². The van der Waals surface area contributed by atoms with Gasteiger partial charge >= 0.3 is 5.97 Å². The molecule has 5 aromatic rings. The number of carbonyl (C=O) groups excluding carboxylic acids is 2. The van der Waals surface area contributed by atoms with Crippen LogP contribution in [-0.4, -0.2) is 57.8 Å². The van der Waals surface area contributed by atoms with Crippen LogP contribution in [0.25, 0.3) is 20.5 Å². The SMILES string of the molecule is CC1CCN(CCOc2ccc(C(=O)c3c(-c4ccc(O)cc4)sc4cc(OC(=O)c5ccc([N+](=O)[O-])cc5[N+](=O)[O-])ccc34)cc2)C1. The number of ketones is 1. The van der Waals surface area contributed by atoms with Crippen molar-refractivity contribution in [2.24, 2.45) is 5.92 Å². The predicted octanol–water partition coefficient (Wildman–Crippen LogP) is 7.26. The van der Waals surface area contributed by atoms with Crippen molar-refractivity contribution in [3.63, 3.8) is 0 Å². The lowest BCUT2D eigenvalue weighted by Gasteiger charge is -2.15. The van der Waals surface area contributed by atoms with Crippen LogP contribution in [-0.2, 0) is 0 Å². The Hall–Kier alpha value is -5.66. The normalized spacial score (nSPS) is 14.6. The highest BCUT2D eigenvalue weighted by Gasteiger charge is 2.27. The van der Waals surface area contributed by atoms with E-state index in [0.29, 0.717) is 56.0 Å². The summed E-state index contributed by atoms with van der Waals surface area (Å²) >= 11 is 1.28. The number of nitro benzene ring substituents is 2. The number of hydrogen-bond donors (Lipinski definition) is 1. The van der Waals surface area contributed by atoms with E-state index < -0.39 is 32.8 Å². The number of thiophene rings is 1. The second-order valence-corrected chi connectivity index (χ2v) is 12.6. The fourth-order valence-corrected chi connectivity index (χ4v) is 6.90. The third kappa shape index (κ3) is 6.87. The van der Waals surface area contributed by atoms with Crippen molar-refractivity contribution in [1.29, 1.82) is 0 Å². The van der Waals surface area contributed by atoms with Gasteiger partial charge in [0, 0.05) is 45.2 Å². The molecule has 6 rings (SSSR count). The van der Waals surface area contributed by atoms with Crippen LogP contribution in [0.2, 0.25) is 0 Å². The molecule has 1 atom stereocenters. The van der Waals surface area contributed by atoms with Crippen molar-refractivity contribution in [3.05, 3.63) is 122 Å². The summed E-state index contributed by atoms with van der Waals surface area (Å²) in [7, 11) is 0. The number of rotatable bonds is 11. The van der Waals surface area contributed by atoms with Gasteiger partial charge in [-0.15, -0.1) is 11.3 Å². The van der Waals surface area contributed by atoms with Crippen molar-refractivity contribution < 1.29 is 34.0 Å². The van der Waals surface area contributed by atoms with E-state index in [0.717, 1.165) is 31.8 Å². The van der Waals surface area contributed by atoms with E-state index in [1.807, 2.05) is 0 Å². The molecule has 1 aromatic heterocycles. The molecule has 0 aliphatic carbocycles. The maximum absolute atomic E-state index is 14.0. The standard InChI is InChI=1S/C35H29N3O9S/c1-21-14-15-36(20-21)16-17-46-26-9-4-22(5-10-26)33(40)32-29-13-11-27(19-31(29)48-34(32)23-2-7-25(39)8-3-23)47-35(41)28-12-6-24(37(42)43)18-30(28)38(44)45/h2-13,18-19,21,39H,14-17,20H2,1H3. The largest absolute Gasteiger partial charge is 0.508 e. The number of benzene rings is 4. The number of phenols is 1. The van der Waals surface area contributed by atoms with Gasteiger partial charge in [0.05, 0.1) is 15.9 Å². The molecule has 1 saturated heterocycles. The molecule has 244 valence electrons. The summed E-state index contributed by atoms with van der Waals surface area (Å²) in [6, 6.07) is 20.7. The molecule has 0 amide bonds. The van der Waals surface area contributed by atoms with E-state index >= 15 is 0 Å². The topological polar surface area (TPSA) is 162 Å². The maximum Gasteiger partial charge on any atom is 0.350 e. The van der Waals surface area contributed by atoms with Gasteiger partial charge in [-0.3, -0.25) is 29.9 Å². The fraction of sp³-hybridized carbons (Fsp3) is 0.200. The average Bonchev–Trinajstić information content (AvgIpc) is 3.67. The number of hydrogen-bond acceptors (Lipinski definition) is 11. The Balaban J connectivity index is 1.28. The van der Waals surface area contributed by atoms with Crippen LogP contribution in [0.4, 0.5) is 11.4 Å². The zero-order valence-electron chi connectivity index (χ0n) is 25.7. The quantitative estimate of drug-likeness (QED) is 0.0499. The number of carbonyl (C=O) groups is 2. The van der Waals surface area contributed by atoms with Crippen LogP contribution < -0.4 is 9.47 Å². The molecule has 2 heterocycles. The molecule has 4 aromatic carbocycles. The van der Waals surface area contributed by atoms with E-state index in [-0.39, 0.29) is 17.3 Å². The molecule has 1 aliphatic heterocycles. The third-order valence-corrected chi connectivity index (χ3v) is 9.34. The monoisotopic (exact) mass is 667 g/mol. The Kier molecular flexibility index (Phi) is 9.15. The molecule has 0 bridgehead atoms. The zero-order valence-corrected chi connectivity index (χ0v) is 26.5. The van der Waals surface area contributed by atoms with Crippen molar-refractivity contribution in [1.82, 2.24) is 4.90 Å². The predicted molar refractivity (Wildman–Crippen MR) is 179 cm³/mol. The molecule has 1 unspecified atom stereocenters. The van der Waals surface area contributed by atoms with Crippen LogP contribution in [0.3, 0.4) is 0 Å². The van der Waals surface area contributed by atoms with E-state index in [1.165, 1.54) is 36.0 Å². The lowest BCUT2D eigenvalue weighted by atomic mass is 9.97. The summed E-state index contributed by atoms with van der Waals surface area (Å²) in [5.41, 5.74) is -0.194. The number of fused-ring (bicyclic) bond motifs is 1. The second kappa shape index (κ2) is 13.6. The number of ether oxygens (including phenoxy) is 2. The van der Waals surface area contributed by atoms with Gasteiger partial charge in [-0.2, -0.15) is 0 Å². The number of phenolic OH excluding ortho intramolecular Hbond substituents is 1. The second-order valence-electron chi connectivity index (χ2n) is 11.5. The van der Waals surface area contributed by atoms with Crippen LogP contribution in [0, 0.1) is 26.1 Å². The molecular formula is C35H29N3O9S. The fourth-order valence-electron chi connectivity index (χ4n) is 5.67. The number of esters is 1. The average molecular weight is 668 g/mol. The van der Waals surface area contributed by atoms with Crippen molar-refractivity contribution in [2.45, 2.75) is 13.3 Å². The Morgan fingerprint density at radius 3 is 2.33 bits per heavy atom. The van der Waals surface area contributed by atoms with Crippen LogP contribution in [0.5, 0.6) is 17.2 Å². The molecule has 12 nitrogen and oxygen atoms in total. The molecule has 0 saturated carbocycles. The van der Waals surface area contributed by atoms with Gasteiger partial charge < -0.3 is 14.6 Å². The summed E-state index contributed by atoms with van der Waals surface area (Å²) in [5, 5.41) is 33.1. The summed E-state index contributed by atoms with van der Waals surface area (Å²) in [6.45, 7) is 5.77. The lowest BCUT2D eigenvalue weighted by molar-refractivity contribution is -0.394. The Morgan fingerprint density at radius 2 is 1.67 bits per heavy atom. The van der Waals surface area contributed by atoms with E-state index in [4.69, 9.17) is 9.47 Å². The molecule has 13 heteroatoms. The highest BCUT2D eigenvalue weighted by atomic mass is 32.1. The van der Waals surface area contributed by atoms with E-state index in [1.54, 1.807) is 48.5 Å². The Morgan fingerprint density at radius 1 is 0.938 bits per heavy atom. The summed E-state index contributed by atoms with van der Waals surface area (Å²) in [5.74, 6) is 0.170. The summed E-state index contributed by atoms with van der Waals surface area (Å²) in [4.78, 5) is 51.0. The van der Waals surface area contributed by atoms with Crippen molar-refractivity contribution >= 4 is 44.6 Å². The highest BCUT2D eigenvalue weighted by Crippen LogP contribution is 2.42. The van der Waals surface area contributed by atoms with Crippen LogP contribution in [0.1, 0.15) is 39.6 Å². The van der Waals surface area contributed by atoms with Crippen molar-refractivity contribution in [2.75, 3.05) is 26.2 Å². The number of non-ortho nitro benzene ring substituents is 1. The molecular weight excluding hydrogens is 638 g/mol. The van der Waals surface area contributed by atoms with Crippen molar-refractivity contribution in [3.8, 4) is 27.7 Å². The summed E-state index contributed by atoms with van der Waals surface area (Å²) < 4.78 is 12.0. The molecule has 48 heavy (non-hydrogen) atoms. The van der Waals surface area contributed by atoms with Crippen LogP contribution in [0.15, 0.2) is 84.9 Å². The first-order valence-corrected chi connectivity index (χ1v) is 15.9. The first-order chi connectivity index (χ1) is 23.1. The molecule has 0 spiro atoms. The minimum absolute atomic E-state index is 0.0579. The van der Waals surface area contributed by atoms with Gasteiger partial charge in [0.1, 0.15) is 29.4 Å². The van der Waals surface area contributed by atoms with E-state index in [2.05, 4.69) is 11.8 Å². The zero-order chi connectivity index (χ0) is 33.9.